The lowest BCUT2D eigenvalue weighted by Crippen LogP contribution is -2.57. The van der Waals surface area contributed by atoms with E-state index in [9.17, 15) is 34.0 Å². The van der Waals surface area contributed by atoms with Crippen LogP contribution in [0.25, 0.3) is 0 Å². The molecule has 0 radical (unpaired) electrons. The highest BCUT2D eigenvalue weighted by molar-refractivity contribution is 8.14. The van der Waals surface area contributed by atoms with Crippen molar-refractivity contribution in [3.8, 4) is 5.75 Å². The second-order valence-corrected chi connectivity index (χ2v) is 7.82. The van der Waals surface area contributed by atoms with Crippen LogP contribution in [-0.4, -0.2) is 80.0 Å². The maximum absolute atomic E-state index is 10.8. The quantitative estimate of drug-likeness (QED) is 0.136. The smallest absolute Gasteiger partial charge is 0.466 e. The Kier molecular flexibility index (Phi) is 7.41. The van der Waals surface area contributed by atoms with Crippen LogP contribution in [0.5, 0.6) is 5.75 Å². The van der Waals surface area contributed by atoms with Crippen molar-refractivity contribution in [3.63, 3.8) is 0 Å². The Bertz CT molecular complexity index is 752. The van der Waals surface area contributed by atoms with Crippen LogP contribution < -0.4 is 0 Å². The molecule has 2 rings (SSSR count). The molecule has 0 unspecified atom stereocenters. The van der Waals surface area contributed by atoms with Gasteiger partial charge in [-0.25, -0.2) is 4.28 Å². The number of nitrogens with zero attached hydrogens (tertiary/aromatic N) is 1. The Hall–Kier alpha value is -1.45. The van der Waals surface area contributed by atoms with Gasteiger partial charge in [-0.05, 0) is 17.7 Å². The molecule has 1 aliphatic heterocycles. The number of hydrogen-bond donors (Lipinski definition) is 6. The van der Waals surface area contributed by atoms with Gasteiger partial charge in [0, 0.05) is 6.42 Å². The third kappa shape index (κ3) is 6.29. The number of oxime groups is 1. The summed E-state index contributed by atoms with van der Waals surface area (Å²) in [6.07, 6.45) is -5.93. The first kappa shape index (κ1) is 21.8. The average Bonchev–Trinajstić information content (AvgIpc) is 2.61. The minimum absolute atomic E-state index is 0.00742. The van der Waals surface area contributed by atoms with Gasteiger partial charge in [-0.3, -0.25) is 4.55 Å². The molecular formula is C14H19NO10S2. The van der Waals surface area contributed by atoms with E-state index in [1.54, 1.807) is 0 Å². The van der Waals surface area contributed by atoms with E-state index >= 15 is 0 Å². The number of hydrogen-bond acceptors (Lipinski definition) is 11. The molecule has 152 valence electrons. The predicted molar refractivity (Wildman–Crippen MR) is 93.2 cm³/mol. The van der Waals surface area contributed by atoms with E-state index in [1.165, 1.54) is 24.3 Å². The van der Waals surface area contributed by atoms with E-state index in [2.05, 4.69) is 9.44 Å². The number of phenolic OH excluding ortho intramolecular Hbond substituents is 1. The molecule has 27 heavy (non-hydrogen) atoms. The molecule has 0 spiro atoms. The number of benzene rings is 1. The molecule has 5 atom stereocenters. The third-order valence-electron chi connectivity index (χ3n) is 3.63. The highest BCUT2D eigenvalue weighted by atomic mass is 32.3. The highest BCUT2D eigenvalue weighted by Crippen LogP contribution is 2.30. The second-order valence-electron chi connectivity index (χ2n) is 5.65. The molecule has 13 heteroatoms. The van der Waals surface area contributed by atoms with Gasteiger partial charge in [0.2, 0.25) is 0 Å². The van der Waals surface area contributed by atoms with Crippen molar-refractivity contribution >= 4 is 27.2 Å². The van der Waals surface area contributed by atoms with E-state index in [4.69, 9.17) is 9.29 Å². The molecule has 0 bridgehead atoms. The first-order chi connectivity index (χ1) is 12.6. The number of ether oxygens (including phenoxy) is 1. The van der Waals surface area contributed by atoms with E-state index in [1.807, 2.05) is 0 Å². The number of rotatable bonds is 6. The lowest BCUT2D eigenvalue weighted by molar-refractivity contribution is -0.205. The topological polar surface area (TPSA) is 186 Å². The van der Waals surface area contributed by atoms with E-state index in [-0.39, 0.29) is 17.2 Å². The van der Waals surface area contributed by atoms with Gasteiger partial charge in [-0.1, -0.05) is 29.1 Å². The lowest BCUT2D eigenvalue weighted by atomic mass is 10.0. The third-order valence-corrected chi connectivity index (χ3v) is 5.00. The zero-order valence-electron chi connectivity index (χ0n) is 13.7. The van der Waals surface area contributed by atoms with Gasteiger partial charge in [0.25, 0.3) is 0 Å². The van der Waals surface area contributed by atoms with Crippen LogP contribution >= 0.6 is 11.8 Å². The first-order valence-electron chi connectivity index (χ1n) is 7.58. The van der Waals surface area contributed by atoms with E-state index in [0.717, 1.165) is 0 Å². The molecule has 6 N–H and O–H groups in total. The number of aliphatic hydroxyl groups is 4. The van der Waals surface area contributed by atoms with Gasteiger partial charge in [-0.15, -0.1) is 0 Å². The Morgan fingerprint density at radius 3 is 2.33 bits per heavy atom. The molecule has 11 nitrogen and oxygen atoms in total. The van der Waals surface area contributed by atoms with Crippen LogP contribution in [0.2, 0.25) is 0 Å². The molecule has 0 aliphatic carbocycles. The number of aromatic hydroxyl groups is 1. The number of phenols is 1. The summed E-state index contributed by atoms with van der Waals surface area (Å²) in [5.41, 5.74) is -0.649. The summed E-state index contributed by atoms with van der Waals surface area (Å²) in [6.45, 7) is -0.631. The molecule has 1 fully saturated rings. The van der Waals surface area contributed by atoms with Gasteiger partial charge >= 0.3 is 10.4 Å². The summed E-state index contributed by atoms with van der Waals surface area (Å²) in [6, 6.07) is 5.81. The van der Waals surface area contributed by atoms with Crippen LogP contribution in [0.15, 0.2) is 29.4 Å². The molecule has 1 aromatic rings. The zero-order valence-corrected chi connectivity index (χ0v) is 15.3. The van der Waals surface area contributed by atoms with Gasteiger partial charge in [0.15, 0.2) is 0 Å². The Balaban J connectivity index is 2.20. The summed E-state index contributed by atoms with van der Waals surface area (Å²) in [7, 11) is -4.88. The molecule has 0 amide bonds. The number of aliphatic hydroxyl groups excluding tert-OH is 4. The van der Waals surface area contributed by atoms with Crippen molar-refractivity contribution in [2.75, 3.05) is 6.61 Å². The normalized spacial score (nSPS) is 29.5. The Morgan fingerprint density at radius 1 is 1.15 bits per heavy atom. The SMILES string of the molecule is O=S(=O)(O)O/N=C(/Cc1ccc(O)cc1)S[C@@H]1O[C@H](CO)[C@@H](O)[C@H](O)[C@@H]1O. The van der Waals surface area contributed by atoms with Crippen LogP contribution in [0.4, 0.5) is 0 Å². The second kappa shape index (κ2) is 9.16. The largest absolute Gasteiger partial charge is 0.508 e. The van der Waals surface area contributed by atoms with Crippen LogP contribution in [0, 0.1) is 0 Å². The average molecular weight is 425 g/mol. The Morgan fingerprint density at radius 2 is 1.78 bits per heavy atom. The standard InChI is InChI=1S/C14H19NO10S2/c16-6-9-11(18)12(19)13(20)14(24-9)26-10(15-25-27(21,22)23)5-7-1-3-8(17)4-2-7/h1-4,9,11-14,16-20H,5-6H2,(H,21,22,23)/b15-10-/t9-,11-,12+,13+,14+/m1/s1. The molecule has 1 aliphatic rings. The summed E-state index contributed by atoms with van der Waals surface area (Å²) in [5, 5.41) is 51.4. The minimum atomic E-state index is -4.88. The molecule has 0 saturated carbocycles. The first-order valence-corrected chi connectivity index (χ1v) is 9.83. The van der Waals surface area contributed by atoms with Crippen LogP contribution in [0.3, 0.4) is 0 Å². The summed E-state index contributed by atoms with van der Waals surface area (Å²) >= 11 is 0.671. The summed E-state index contributed by atoms with van der Waals surface area (Å²) in [4.78, 5) is 0. The van der Waals surface area contributed by atoms with E-state index < -0.39 is 46.9 Å². The molecule has 1 aromatic carbocycles. The van der Waals surface area contributed by atoms with Crippen LogP contribution in [0.1, 0.15) is 5.56 Å². The molecule has 1 heterocycles. The van der Waals surface area contributed by atoms with Crippen molar-refractivity contribution in [1.82, 2.24) is 0 Å². The number of thioether (sulfide) groups is 1. The lowest BCUT2D eigenvalue weighted by Gasteiger charge is -2.39. The fourth-order valence-electron chi connectivity index (χ4n) is 2.27. The maximum atomic E-state index is 10.8. The van der Waals surface area contributed by atoms with Gasteiger partial charge in [0.1, 0.15) is 40.6 Å². The van der Waals surface area contributed by atoms with Crippen molar-refractivity contribution in [2.24, 2.45) is 5.16 Å². The molecule has 1 saturated heterocycles. The van der Waals surface area contributed by atoms with Crippen molar-refractivity contribution < 1.29 is 47.5 Å². The molecule has 0 aromatic heterocycles. The fourth-order valence-corrected chi connectivity index (χ4v) is 3.60. The zero-order chi connectivity index (χ0) is 20.2. The van der Waals surface area contributed by atoms with Gasteiger partial charge in [-0.2, -0.15) is 8.42 Å². The predicted octanol–water partition coefficient (Wildman–Crippen LogP) is -1.40. The van der Waals surface area contributed by atoms with Crippen molar-refractivity contribution in [1.29, 1.82) is 0 Å². The maximum Gasteiger partial charge on any atom is 0.466 e. The summed E-state index contributed by atoms with van der Waals surface area (Å²) in [5.74, 6) is 0.00742. The minimum Gasteiger partial charge on any atom is -0.508 e. The van der Waals surface area contributed by atoms with Crippen molar-refractivity contribution in [3.05, 3.63) is 29.8 Å². The summed E-state index contributed by atoms with van der Waals surface area (Å²) < 4.78 is 39.6. The van der Waals surface area contributed by atoms with Gasteiger partial charge < -0.3 is 30.3 Å². The molecular weight excluding hydrogens is 406 g/mol. The monoisotopic (exact) mass is 425 g/mol. The van der Waals surface area contributed by atoms with Gasteiger partial charge in [0.05, 0.1) is 6.61 Å². The van der Waals surface area contributed by atoms with Crippen molar-refractivity contribution in [2.45, 2.75) is 36.3 Å². The fraction of sp³-hybridized carbons (Fsp3) is 0.500. The van der Waals surface area contributed by atoms with Crippen LogP contribution in [-0.2, 0) is 25.8 Å². The Labute approximate surface area is 158 Å². The highest BCUT2D eigenvalue weighted by Gasteiger charge is 2.44. The van der Waals surface area contributed by atoms with E-state index in [0.29, 0.717) is 17.3 Å².